The summed E-state index contributed by atoms with van der Waals surface area (Å²) in [7, 11) is 0. The summed E-state index contributed by atoms with van der Waals surface area (Å²) >= 11 is 2.05. The number of nitrogens with zero attached hydrogens (tertiary/aromatic N) is 3. The Morgan fingerprint density at radius 2 is 1.68 bits per heavy atom. The maximum atomic E-state index is 15.1. The molecule has 1 saturated carbocycles. The van der Waals surface area contributed by atoms with Gasteiger partial charge in [-0.05, 0) is 95.1 Å². The van der Waals surface area contributed by atoms with Gasteiger partial charge in [0.25, 0.3) is 11.8 Å². The van der Waals surface area contributed by atoms with E-state index in [1.807, 2.05) is 18.2 Å². The molecule has 2 amide bonds. The van der Waals surface area contributed by atoms with Crippen molar-refractivity contribution in [3.05, 3.63) is 70.4 Å². The number of allylic oxidation sites excluding steroid dienone is 1. The SMILES string of the molecule is CCCC1N(C(=O)c2ncccc2C(F)(F)F)CCCC1(OC1(C)C=C(C(F)(F)F)SC1)C(=O)N1CCC(O)(c2ccccc2SC2CCC(C)(C(=O)O)C2)CC1. The second-order valence-corrected chi connectivity index (χ2v) is 18.4. The fourth-order valence-electron chi connectivity index (χ4n) is 8.80. The van der Waals surface area contributed by atoms with Crippen LogP contribution < -0.4 is 0 Å². The number of pyridine rings is 1. The number of alkyl halides is 6. The van der Waals surface area contributed by atoms with E-state index in [-0.39, 0.29) is 62.7 Å². The van der Waals surface area contributed by atoms with Crippen LogP contribution in [0.3, 0.4) is 0 Å². The number of ether oxygens (including phenoxy) is 1. The van der Waals surface area contributed by atoms with Crippen molar-refractivity contribution in [2.24, 2.45) is 5.41 Å². The summed E-state index contributed by atoms with van der Waals surface area (Å²) in [6, 6.07) is 7.99. The normalized spacial score (nSPS) is 29.3. The van der Waals surface area contributed by atoms with Gasteiger partial charge in [0.2, 0.25) is 0 Å². The predicted molar refractivity (Wildman–Crippen MR) is 202 cm³/mol. The van der Waals surface area contributed by atoms with E-state index >= 15 is 4.79 Å². The number of thioether (sulfide) groups is 2. The Bertz CT molecular complexity index is 1890. The molecular weight excluding hydrogens is 797 g/mol. The summed E-state index contributed by atoms with van der Waals surface area (Å²) in [5, 5.41) is 21.9. The molecule has 2 aromatic rings. The number of likely N-dealkylation sites (tertiary alicyclic amines) is 2. The number of rotatable bonds is 10. The zero-order valence-electron chi connectivity index (χ0n) is 31.9. The van der Waals surface area contributed by atoms with E-state index in [1.165, 1.54) is 28.5 Å². The quantitative estimate of drug-likeness (QED) is 0.227. The summed E-state index contributed by atoms with van der Waals surface area (Å²) in [6.45, 7) is 4.94. The number of carbonyl (C=O) groups is 3. The Hall–Kier alpha value is -3.28. The molecule has 5 atom stereocenters. The molecule has 0 radical (unpaired) electrons. The lowest BCUT2D eigenvalue weighted by atomic mass is 9.78. The van der Waals surface area contributed by atoms with Crippen molar-refractivity contribution in [1.29, 1.82) is 0 Å². The van der Waals surface area contributed by atoms with Gasteiger partial charge in [-0.3, -0.25) is 19.4 Å². The molecule has 3 fully saturated rings. The minimum absolute atomic E-state index is 0.0129. The second kappa shape index (κ2) is 16.1. The van der Waals surface area contributed by atoms with Gasteiger partial charge in [-0.1, -0.05) is 31.5 Å². The van der Waals surface area contributed by atoms with E-state index in [0.717, 1.165) is 29.3 Å². The van der Waals surface area contributed by atoms with Gasteiger partial charge in [-0.25, -0.2) is 0 Å². The fraction of sp³-hybridized carbons (Fsp3) is 0.600. The minimum Gasteiger partial charge on any atom is -0.481 e. The van der Waals surface area contributed by atoms with Gasteiger partial charge in [-0.15, -0.1) is 23.5 Å². The molecule has 1 aromatic heterocycles. The van der Waals surface area contributed by atoms with Gasteiger partial charge in [0.15, 0.2) is 5.60 Å². The van der Waals surface area contributed by atoms with Crippen LogP contribution in [-0.2, 0) is 26.1 Å². The van der Waals surface area contributed by atoms with E-state index in [0.29, 0.717) is 43.0 Å². The smallest absolute Gasteiger partial charge is 0.422 e. The van der Waals surface area contributed by atoms with Crippen LogP contribution in [0.2, 0.25) is 0 Å². The molecular formula is C40H47F6N3O6S2. The van der Waals surface area contributed by atoms with Gasteiger partial charge in [0.1, 0.15) is 5.69 Å². The number of halogens is 6. The molecule has 1 aromatic carbocycles. The summed E-state index contributed by atoms with van der Waals surface area (Å²) in [6.07, 6.45) is -5.17. The fourth-order valence-corrected chi connectivity index (χ4v) is 11.5. The predicted octanol–water partition coefficient (Wildman–Crippen LogP) is 8.46. The van der Waals surface area contributed by atoms with Gasteiger partial charge >= 0.3 is 18.3 Å². The highest BCUT2D eigenvalue weighted by molar-refractivity contribution is 8.03. The molecule has 4 heterocycles. The van der Waals surface area contributed by atoms with Crippen molar-refractivity contribution < 1.29 is 55.7 Å². The van der Waals surface area contributed by atoms with E-state index in [1.54, 1.807) is 19.9 Å². The lowest BCUT2D eigenvalue weighted by Gasteiger charge is -2.53. The maximum Gasteiger partial charge on any atom is 0.422 e. The minimum atomic E-state index is -4.91. The van der Waals surface area contributed by atoms with E-state index in [4.69, 9.17) is 4.74 Å². The Morgan fingerprint density at radius 1 is 0.982 bits per heavy atom. The molecule has 5 unspecified atom stereocenters. The molecule has 9 nitrogen and oxygen atoms in total. The Labute approximate surface area is 336 Å². The summed E-state index contributed by atoms with van der Waals surface area (Å²) < 4.78 is 90.8. The molecule has 3 aliphatic heterocycles. The van der Waals surface area contributed by atoms with Crippen LogP contribution in [0.25, 0.3) is 0 Å². The summed E-state index contributed by atoms with van der Waals surface area (Å²) in [5.74, 6) is -2.71. The third-order valence-corrected chi connectivity index (χ3v) is 14.5. The number of hydrogen-bond acceptors (Lipinski definition) is 8. The average Bonchev–Trinajstić information content (AvgIpc) is 3.75. The number of aliphatic hydroxyl groups is 1. The number of benzene rings is 1. The number of hydrogen-bond donors (Lipinski definition) is 2. The molecule has 0 spiro atoms. The van der Waals surface area contributed by atoms with Crippen molar-refractivity contribution in [1.82, 2.24) is 14.8 Å². The van der Waals surface area contributed by atoms with Crippen LogP contribution in [0.5, 0.6) is 0 Å². The van der Waals surface area contributed by atoms with Gasteiger partial charge in [0, 0.05) is 41.7 Å². The van der Waals surface area contributed by atoms with Gasteiger partial charge < -0.3 is 24.7 Å². The number of amides is 2. The van der Waals surface area contributed by atoms with Crippen LogP contribution in [0, 0.1) is 5.41 Å². The molecule has 17 heteroatoms. The third-order valence-electron chi connectivity index (χ3n) is 11.8. The number of piperidine rings is 2. The van der Waals surface area contributed by atoms with Crippen LogP contribution >= 0.6 is 23.5 Å². The van der Waals surface area contributed by atoms with Crippen molar-refractivity contribution >= 4 is 41.3 Å². The molecule has 2 saturated heterocycles. The summed E-state index contributed by atoms with van der Waals surface area (Å²) in [4.78, 5) is 47.6. The summed E-state index contributed by atoms with van der Waals surface area (Å²) in [5.41, 5.74) is -7.25. The first kappa shape index (κ1) is 43.3. The first-order valence-electron chi connectivity index (χ1n) is 19.1. The molecule has 0 bridgehead atoms. The van der Waals surface area contributed by atoms with Crippen LogP contribution in [0.1, 0.15) is 100 Å². The Balaban J connectivity index is 1.32. The van der Waals surface area contributed by atoms with Gasteiger partial charge in [-0.2, -0.15) is 26.3 Å². The first-order chi connectivity index (χ1) is 26.6. The highest BCUT2D eigenvalue weighted by Crippen LogP contribution is 2.50. The Morgan fingerprint density at radius 3 is 2.30 bits per heavy atom. The van der Waals surface area contributed by atoms with Crippen molar-refractivity contribution in [2.75, 3.05) is 25.4 Å². The molecule has 6 rings (SSSR count). The number of carboxylic acid groups (broad SMARTS) is 1. The van der Waals surface area contributed by atoms with E-state index in [2.05, 4.69) is 4.98 Å². The van der Waals surface area contributed by atoms with Crippen LogP contribution in [0.4, 0.5) is 26.3 Å². The topological polar surface area (TPSA) is 120 Å². The monoisotopic (exact) mass is 843 g/mol. The highest BCUT2D eigenvalue weighted by Gasteiger charge is 2.59. The first-order valence-corrected chi connectivity index (χ1v) is 21.0. The number of aliphatic carboxylic acids is 1. The highest BCUT2D eigenvalue weighted by atomic mass is 32.2. The van der Waals surface area contributed by atoms with Crippen molar-refractivity contribution in [2.45, 2.75) is 124 Å². The average molecular weight is 844 g/mol. The van der Waals surface area contributed by atoms with Crippen molar-refractivity contribution in [3.63, 3.8) is 0 Å². The van der Waals surface area contributed by atoms with Crippen molar-refractivity contribution in [3.8, 4) is 0 Å². The standard InChI is InChI=1S/C40H47F6N3O6S2/c1-4-9-29-38(55-36(3)23-30(56-24-36)40(44,45)46,14-8-19-49(29)32(50)31-27(39(41,42)43)11-7-18-47-31)33(51)48-20-16-37(54,17-21-48)26-10-5-6-12-28(26)57-25-13-15-35(2,22-25)34(52)53/h5-7,10-12,18,23,25,29,54H,4,8-9,13-17,19-22,24H2,1-3H3,(H,52,53). The number of aromatic nitrogens is 1. The number of carboxylic acids is 1. The van der Waals surface area contributed by atoms with Gasteiger partial charge in [0.05, 0.1) is 33.1 Å². The Kier molecular flexibility index (Phi) is 12.2. The molecule has 4 aliphatic rings. The molecule has 1 aliphatic carbocycles. The molecule has 2 N–H and O–H groups in total. The zero-order chi connectivity index (χ0) is 41.6. The lowest BCUT2D eigenvalue weighted by molar-refractivity contribution is -0.198. The van der Waals surface area contributed by atoms with Crippen LogP contribution in [-0.4, -0.2) is 96.8 Å². The van der Waals surface area contributed by atoms with E-state index in [9.17, 15) is 46.1 Å². The number of carbonyl (C=O) groups excluding carboxylic acids is 2. The third kappa shape index (κ3) is 8.72. The van der Waals surface area contributed by atoms with E-state index < -0.39 is 74.6 Å². The largest absolute Gasteiger partial charge is 0.481 e. The second-order valence-electron chi connectivity index (χ2n) is 16.1. The maximum absolute atomic E-state index is 15.1. The molecule has 312 valence electrons. The molecule has 57 heavy (non-hydrogen) atoms. The zero-order valence-corrected chi connectivity index (χ0v) is 33.6. The lowest BCUT2D eigenvalue weighted by Crippen LogP contribution is -2.69. The van der Waals surface area contributed by atoms with Crippen LogP contribution in [0.15, 0.2) is 58.5 Å².